The number of carbonyl (C=O) groups excluding carboxylic acids is 2. The molecule has 0 spiro atoms. The van der Waals surface area contributed by atoms with Gasteiger partial charge in [0, 0.05) is 12.8 Å². The Morgan fingerprint density at radius 1 is 1.40 bits per heavy atom. The van der Waals surface area contributed by atoms with Crippen molar-refractivity contribution in [2.75, 3.05) is 13.0 Å². The Morgan fingerprint density at radius 3 is 2.77 bits per heavy atom. The minimum atomic E-state index is -1.35. The van der Waals surface area contributed by atoms with Crippen molar-refractivity contribution in [3.63, 3.8) is 0 Å². The van der Waals surface area contributed by atoms with Gasteiger partial charge in [-0.1, -0.05) is 6.07 Å². The summed E-state index contributed by atoms with van der Waals surface area (Å²) in [7, 11) is 1.32. The summed E-state index contributed by atoms with van der Waals surface area (Å²) in [6.45, 7) is 5.02. The molecule has 0 radical (unpaired) electrons. The maximum atomic E-state index is 12.9. The second-order valence-corrected chi connectivity index (χ2v) is 6.61. The fourth-order valence-corrected chi connectivity index (χ4v) is 3.51. The van der Waals surface area contributed by atoms with Crippen LogP contribution in [0.2, 0.25) is 0 Å². The van der Waals surface area contributed by atoms with E-state index < -0.39 is 23.5 Å². The molecular weight excluding hydrogens is 392 g/mol. The molecule has 156 valence electrons. The number of nitrogen functional groups attached to an aromatic ring is 1. The molecule has 0 aliphatic heterocycles. The molecule has 4 N–H and O–H groups in total. The van der Waals surface area contributed by atoms with Crippen molar-refractivity contribution in [1.29, 1.82) is 0 Å². The zero-order valence-corrected chi connectivity index (χ0v) is 16.4. The molecule has 0 unspecified atom stereocenters. The zero-order valence-electron chi connectivity index (χ0n) is 16.4. The summed E-state index contributed by atoms with van der Waals surface area (Å²) in [5.41, 5.74) is 2.29. The lowest BCUT2D eigenvalue weighted by atomic mass is 9.98. The fraction of sp³-hybridized carbons (Fsp3) is 0.263. The minimum absolute atomic E-state index is 0.152. The number of nitrogens with zero attached hydrogens (tertiary/aromatic N) is 4. The number of esters is 1. The van der Waals surface area contributed by atoms with Gasteiger partial charge >= 0.3 is 11.9 Å². The van der Waals surface area contributed by atoms with Crippen molar-refractivity contribution in [1.82, 2.24) is 15.0 Å². The molecule has 1 aromatic heterocycles. The summed E-state index contributed by atoms with van der Waals surface area (Å²) in [5.74, 6) is 3.50. The van der Waals surface area contributed by atoms with Crippen molar-refractivity contribution in [3.05, 3.63) is 57.5 Å². The molecule has 1 aliphatic carbocycles. The quantitative estimate of drug-likeness (QED) is 0.276. The summed E-state index contributed by atoms with van der Waals surface area (Å²) < 4.78 is 5.65. The Balaban J connectivity index is 1.95. The molecule has 11 heteroatoms. The highest BCUT2D eigenvalue weighted by molar-refractivity contribution is 5.95. The van der Waals surface area contributed by atoms with Gasteiger partial charge in [-0.2, -0.15) is 5.10 Å². The summed E-state index contributed by atoms with van der Waals surface area (Å²) in [5, 5.41) is 18.9. The van der Waals surface area contributed by atoms with Crippen LogP contribution in [0.1, 0.15) is 60.5 Å². The second kappa shape index (κ2) is 8.15. The lowest BCUT2D eigenvalue weighted by molar-refractivity contribution is 0.0598. The number of aromatic carboxylic acids is 1. The number of benzene rings is 1. The molecule has 0 bridgehead atoms. The van der Waals surface area contributed by atoms with Gasteiger partial charge in [-0.3, -0.25) is 4.79 Å². The van der Waals surface area contributed by atoms with Crippen molar-refractivity contribution >= 4 is 24.6 Å². The first-order valence-electron chi connectivity index (χ1n) is 8.92. The van der Waals surface area contributed by atoms with E-state index in [0.717, 1.165) is 27.4 Å². The van der Waals surface area contributed by atoms with E-state index in [1.54, 1.807) is 12.1 Å². The van der Waals surface area contributed by atoms with Crippen LogP contribution in [0.4, 0.5) is 0 Å². The molecule has 1 amide bonds. The number of carboxylic acids is 1. The van der Waals surface area contributed by atoms with Gasteiger partial charge in [0.05, 0.1) is 18.7 Å². The first-order valence-corrected chi connectivity index (χ1v) is 8.92. The van der Waals surface area contributed by atoms with Crippen LogP contribution < -0.4 is 16.8 Å². The largest absolute Gasteiger partial charge is 0.477 e. The van der Waals surface area contributed by atoms with E-state index >= 15 is 0 Å². The van der Waals surface area contributed by atoms with E-state index in [0.29, 0.717) is 18.4 Å². The molecule has 1 aliphatic rings. The van der Waals surface area contributed by atoms with Crippen LogP contribution >= 0.6 is 0 Å². The summed E-state index contributed by atoms with van der Waals surface area (Å²) in [6.07, 6.45) is 1.27. The topological polar surface area (TPSA) is 161 Å². The Labute approximate surface area is 170 Å². The van der Waals surface area contributed by atoms with Gasteiger partial charge < -0.3 is 21.0 Å². The van der Waals surface area contributed by atoms with Gasteiger partial charge in [0.2, 0.25) is 0 Å². The Morgan fingerprint density at radius 2 is 2.13 bits per heavy atom. The summed E-state index contributed by atoms with van der Waals surface area (Å²) in [4.78, 5) is 39.8. The number of aromatic nitrogens is 2. The number of rotatable bonds is 5. The number of fused-ring (bicyclic) bond motifs is 1. The Bertz CT molecular complexity index is 1140. The first kappa shape index (κ1) is 20.7. The lowest BCUT2D eigenvalue weighted by Gasteiger charge is -2.17. The van der Waals surface area contributed by atoms with Crippen LogP contribution in [0.3, 0.4) is 0 Å². The van der Waals surface area contributed by atoms with Crippen LogP contribution in [0.5, 0.6) is 0 Å². The maximum absolute atomic E-state index is 12.9. The van der Waals surface area contributed by atoms with Crippen molar-refractivity contribution in [2.45, 2.75) is 25.8 Å². The van der Waals surface area contributed by atoms with E-state index in [1.807, 2.05) is 6.92 Å². The van der Waals surface area contributed by atoms with Crippen molar-refractivity contribution < 1.29 is 24.2 Å². The number of methoxy groups -OCH3 is 1. The predicted octanol–water partition coefficient (Wildman–Crippen LogP) is 0.324. The molecular formula is C19H20N6O5. The molecule has 0 saturated carbocycles. The van der Waals surface area contributed by atoms with Crippen LogP contribution in [0, 0.1) is 6.92 Å². The lowest BCUT2D eigenvalue weighted by Crippen LogP contribution is -2.40. The van der Waals surface area contributed by atoms with E-state index in [1.165, 1.54) is 7.11 Å². The molecule has 1 aromatic carbocycles. The molecule has 2 aromatic rings. The highest BCUT2D eigenvalue weighted by atomic mass is 16.5. The average molecular weight is 412 g/mol. The minimum Gasteiger partial charge on any atom is -0.477 e. The van der Waals surface area contributed by atoms with E-state index in [9.17, 15) is 19.5 Å². The number of nitrogens with two attached hydrogens (primary N) is 1. The number of amides is 1. The van der Waals surface area contributed by atoms with E-state index in [-0.39, 0.29) is 17.4 Å². The average Bonchev–Trinajstić information content (AvgIpc) is 3.12. The Hall–Kier alpha value is -4.02. The maximum Gasteiger partial charge on any atom is 0.354 e. The van der Waals surface area contributed by atoms with Crippen molar-refractivity contribution in [3.8, 4) is 0 Å². The summed E-state index contributed by atoms with van der Waals surface area (Å²) in [6, 6.07) is 4.16. The number of hydrogen-bond acceptors (Lipinski definition) is 8. The third kappa shape index (κ3) is 3.64. The monoisotopic (exact) mass is 412 g/mol. The SMILES string of the molecule is C=N/N=c1/nc(C(=O)O)cc(C(=O)N[C@H]2CCc3c2ccc(C(=O)OC)c3C)n1N. The van der Waals surface area contributed by atoms with E-state index in [2.05, 4.69) is 27.2 Å². The normalized spacial score (nSPS) is 15.4. The van der Waals surface area contributed by atoms with Gasteiger partial charge in [0.15, 0.2) is 5.69 Å². The van der Waals surface area contributed by atoms with Gasteiger partial charge in [0.25, 0.3) is 11.5 Å². The van der Waals surface area contributed by atoms with Crippen LogP contribution in [0.15, 0.2) is 28.4 Å². The third-order valence-electron chi connectivity index (χ3n) is 4.98. The highest BCUT2D eigenvalue weighted by Gasteiger charge is 2.28. The van der Waals surface area contributed by atoms with Crippen molar-refractivity contribution in [2.24, 2.45) is 10.2 Å². The van der Waals surface area contributed by atoms with Crippen LogP contribution in [0.25, 0.3) is 0 Å². The zero-order chi connectivity index (χ0) is 22.0. The van der Waals surface area contributed by atoms with Crippen LogP contribution in [-0.4, -0.2) is 46.4 Å². The van der Waals surface area contributed by atoms with Gasteiger partial charge in [-0.15, -0.1) is 5.10 Å². The molecule has 1 heterocycles. The van der Waals surface area contributed by atoms with Gasteiger partial charge in [-0.25, -0.2) is 19.2 Å². The van der Waals surface area contributed by atoms with Crippen LogP contribution in [-0.2, 0) is 11.2 Å². The smallest absolute Gasteiger partial charge is 0.354 e. The fourth-order valence-electron chi connectivity index (χ4n) is 3.51. The standard InChI is InChI=1S/C19H20N6O5/c1-9-10-6-7-13(12(10)5-4-11(9)18(29)30-3)22-16(26)15-8-14(17(27)28)23-19(24-21-2)25(15)20/h4-5,8,13H,2,6-7,20H2,1,3H3,(H,22,26)(H,27,28)/b24-19-/t13-/m0/s1. The molecule has 1 atom stereocenters. The number of carboxylic acid groups (broad SMARTS) is 1. The van der Waals surface area contributed by atoms with Gasteiger partial charge in [-0.05, 0) is 42.5 Å². The molecule has 30 heavy (non-hydrogen) atoms. The Kier molecular flexibility index (Phi) is 5.63. The molecule has 0 saturated heterocycles. The van der Waals surface area contributed by atoms with E-state index in [4.69, 9.17) is 10.6 Å². The molecule has 3 rings (SSSR count). The molecule has 11 nitrogen and oxygen atoms in total. The number of nitrogens with one attached hydrogen (secondary N) is 1. The third-order valence-corrected chi connectivity index (χ3v) is 4.98. The number of ether oxygens (including phenoxy) is 1. The highest BCUT2D eigenvalue weighted by Crippen LogP contribution is 2.35. The number of carbonyl (C=O) groups is 3. The van der Waals surface area contributed by atoms with Gasteiger partial charge in [0.1, 0.15) is 5.69 Å². The summed E-state index contributed by atoms with van der Waals surface area (Å²) >= 11 is 0. The second-order valence-electron chi connectivity index (χ2n) is 6.61. The molecule has 0 fully saturated rings. The first-order chi connectivity index (χ1) is 14.3. The number of hydrogen-bond donors (Lipinski definition) is 3. The predicted molar refractivity (Wildman–Crippen MR) is 105 cm³/mol.